The van der Waals surface area contributed by atoms with Gasteiger partial charge in [0.1, 0.15) is 5.75 Å². The van der Waals surface area contributed by atoms with Crippen LogP contribution in [0.5, 0.6) is 5.75 Å². The van der Waals surface area contributed by atoms with Crippen LogP contribution in [0.4, 0.5) is 11.4 Å². The van der Waals surface area contributed by atoms with Crippen molar-refractivity contribution >= 4 is 42.4 Å². The van der Waals surface area contributed by atoms with Gasteiger partial charge in [-0.05, 0) is 102 Å². The van der Waals surface area contributed by atoms with E-state index in [4.69, 9.17) is 9.47 Å². The Morgan fingerprint density at radius 2 is 1.85 bits per heavy atom. The summed E-state index contributed by atoms with van der Waals surface area (Å²) < 4.78 is 12.8. The average Bonchev–Trinajstić information content (AvgIpc) is 3.84. The molecular weight excluding hydrogens is 709 g/mol. The summed E-state index contributed by atoms with van der Waals surface area (Å²) in [6.07, 6.45) is 9.20. The second-order valence-corrected chi connectivity index (χ2v) is 21.7. The Morgan fingerprint density at radius 3 is 2.53 bits per heavy atom. The lowest BCUT2D eigenvalue weighted by Crippen LogP contribution is -2.52. The van der Waals surface area contributed by atoms with Crippen LogP contribution in [0.2, 0.25) is 18.6 Å². The zero-order chi connectivity index (χ0) is 39.5. The minimum absolute atomic E-state index is 0.0314. The second kappa shape index (κ2) is 17.2. The third kappa shape index (κ3) is 8.22. The SMILES string of the molecule is COc1ccc([Si](C)(C)[C@@H]2[C@@H](CC(=O)N3CCC[C@H]3CO)O[C@]3(C(=O)N(C/C=C(\C)CCC=C(C)C)c4ccc(NC(=O)C5CCCNC5)cc43)[C@H]2C)cc1. The van der Waals surface area contributed by atoms with Gasteiger partial charge in [-0.1, -0.05) is 60.6 Å². The Hall–Kier alpha value is -3.77. The van der Waals surface area contributed by atoms with E-state index < -0.39 is 19.8 Å². The molecule has 0 radical (unpaired) electrons. The van der Waals surface area contributed by atoms with Gasteiger partial charge in [0.05, 0.1) is 52.0 Å². The highest BCUT2D eigenvalue weighted by Crippen LogP contribution is 2.60. The monoisotopic (exact) mass is 770 g/mol. The summed E-state index contributed by atoms with van der Waals surface area (Å²) in [4.78, 5) is 46.6. The molecule has 2 aromatic rings. The molecule has 3 fully saturated rings. The maximum Gasteiger partial charge on any atom is 0.264 e. The van der Waals surface area contributed by atoms with Crippen molar-refractivity contribution in [2.75, 3.05) is 50.1 Å². The fourth-order valence-electron chi connectivity index (χ4n) is 9.67. The number of allylic oxidation sites excluding steroid dienone is 3. The predicted molar refractivity (Wildman–Crippen MR) is 221 cm³/mol. The molecule has 4 aliphatic heterocycles. The smallest absolute Gasteiger partial charge is 0.264 e. The number of aliphatic hydroxyl groups is 1. The zero-order valence-corrected chi connectivity index (χ0v) is 35.0. The Balaban J connectivity index is 1.42. The quantitative estimate of drug-likeness (QED) is 0.163. The third-order valence-electron chi connectivity index (χ3n) is 12.8. The van der Waals surface area contributed by atoms with Crippen molar-refractivity contribution in [3.8, 4) is 5.75 Å². The highest BCUT2D eigenvalue weighted by molar-refractivity contribution is 6.91. The molecule has 10 nitrogen and oxygen atoms in total. The van der Waals surface area contributed by atoms with Crippen LogP contribution >= 0.6 is 0 Å². The number of nitrogens with zero attached hydrogens (tertiary/aromatic N) is 2. The maximum absolute atomic E-state index is 15.3. The number of methoxy groups -OCH3 is 1. The van der Waals surface area contributed by atoms with E-state index in [1.807, 2.05) is 40.1 Å². The number of amides is 3. The van der Waals surface area contributed by atoms with Crippen molar-refractivity contribution < 1.29 is 29.0 Å². The predicted octanol–water partition coefficient (Wildman–Crippen LogP) is 6.26. The second-order valence-electron chi connectivity index (χ2n) is 17.0. The molecule has 4 heterocycles. The molecule has 0 aromatic heterocycles. The summed E-state index contributed by atoms with van der Waals surface area (Å²) in [7, 11) is -0.837. The largest absolute Gasteiger partial charge is 0.497 e. The highest BCUT2D eigenvalue weighted by Gasteiger charge is 2.66. The molecule has 55 heavy (non-hydrogen) atoms. The third-order valence-corrected chi connectivity index (χ3v) is 17.1. The molecule has 6 atom stereocenters. The van der Waals surface area contributed by atoms with E-state index in [1.54, 1.807) is 7.11 Å². The molecule has 0 aliphatic carbocycles. The first-order valence-electron chi connectivity index (χ1n) is 20.3. The topological polar surface area (TPSA) is 120 Å². The minimum Gasteiger partial charge on any atom is -0.497 e. The lowest BCUT2D eigenvalue weighted by atomic mass is 9.82. The molecule has 0 saturated carbocycles. The normalized spacial score (nSPS) is 26.7. The number of hydrogen-bond acceptors (Lipinski definition) is 7. The number of fused-ring (bicyclic) bond motifs is 2. The molecule has 2 aromatic carbocycles. The summed E-state index contributed by atoms with van der Waals surface area (Å²) in [5.41, 5.74) is 3.17. The standard InChI is InChI=1S/C44H62N4O6Si/c1-29(2)11-8-12-30(3)21-24-48-38-20-15-33(46-42(51)32-13-9-22-45-27-32)25-37(38)44(43(48)52)31(4)41(55(6,7)36-18-16-35(53-5)17-19-36)39(54-44)26-40(50)47-23-10-14-34(47)28-49/h11,15-21,25,31-32,34,39,41,45,49H,8-10,12-14,22-24,26-28H2,1-7H3,(H,46,51)/b30-21+/t31-,32?,34-,39+,41-,44+/m0/s1. The van der Waals surface area contributed by atoms with Gasteiger partial charge < -0.3 is 35.0 Å². The van der Waals surface area contributed by atoms with Crippen LogP contribution in [0.15, 0.2) is 65.8 Å². The van der Waals surface area contributed by atoms with Gasteiger partial charge in [-0.25, -0.2) is 0 Å². The Morgan fingerprint density at radius 1 is 1.09 bits per heavy atom. The molecular formula is C44H62N4O6Si. The van der Waals surface area contributed by atoms with Crippen LogP contribution in [-0.4, -0.2) is 87.8 Å². The molecule has 6 rings (SSSR count). The number of ether oxygens (including phenoxy) is 2. The fraction of sp³-hybridized carbons (Fsp3) is 0.568. The lowest BCUT2D eigenvalue weighted by Gasteiger charge is -2.37. The van der Waals surface area contributed by atoms with Crippen LogP contribution in [0.25, 0.3) is 0 Å². The maximum atomic E-state index is 15.3. The molecule has 3 saturated heterocycles. The summed E-state index contributed by atoms with van der Waals surface area (Å²) in [6.45, 7) is 15.6. The Labute approximate surface area is 328 Å². The number of aliphatic hydroxyl groups excluding tert-OH is 1. The lowest BCUT2D eigenvalue weighted by molar-refractivity contribution is -0.149. The molecule has 3 amide bonds. The Kier molecular flexibility index (Phi) is 12.8. The van der Waals surface area contributed by atoms with Gasteiger partial charge >= 0.3 is 0 Å². The summed E-state index contributed by atoms with van der Waals surface area (Å²) in [5, 5.41) is 17.8. The number of piperidine rings is 1. The van der Waals surface area contributed by atoms with E-state index in [0.29, 0.717) is 25.3 Å². The van der Waals surface area contributed by atoms with E-state index in [9.17, 15) is 14.7 Å². The van der Waals surface area contributed by atoms with Crippen LogP contribution in [0.3, 0.4) is 0 Å². The molecule has 3 N–H and O–H groups in total. The van der Waals surface area contributed by atoms with Gasteiger partial charge in [-0.2, -0.15) is 0 Å². The van der Waals surface area contributed by atoms with E-state index in [2.05, 4.69) is 75.7 Å². The van der Waals surface area contributed by atoms with Crippen LogP contribution in [-0.2, 0) is 24.7 Å². The van der Waals surface area contributed by atoms with Gasteiger partial charge in [-0.3, -0.25) is 14.4 Å². The van der Waals surface area contributed by atoms with E-state index in [0.717, 1.165) is 62.1 Å². The van der Waals surface area contributed by atoms with Crippen molar-refractivity contribution in [3.05, 3.63) is 71.3 Å². The van der Waals surface area contributed by atoms with E-state index >= 15 is 4.79 Å². The van der Waals surface area contributed by atoms with Crippen molar-refractivity contribution in [3.63, 3.8) is 0 Å². The Bertz CT molecular complexity index is 1780. The molecule has 11 heteroatoms. The van der Waals surface area contributed by atoms with Gasteiger partial charge in [0.2, 0.25) is 11.8 Å². The number of anilines is 2. The van der Waals surface area contributed by atoms with Gasteiger partial charge in [-0.15, -0.1) is 0 Å². The fourth-order valence-corrected chi connectivity index (χ4v) is 13.7. The first-order valence-corrected chi connectivity index (χ1v) is 23.4. The van der Waals surface area contributed by atoms with Crippen LogP contribution in [0.1, 0.15) is 78.2 Å². The molecule has 4 aliphatic rings. The van der Waals surface area contributed by atoms with Crippen molar-refractivity contribution in [2.45, 2.75) is 109 Å². The average molecular weight is 771 g/mol. The van der Waals surface area contributed by atoms with Crippen LogP contribution < -0.4 is 25.5 Å². The molecule has 1 unspecified atom stereocenters. The van der Waals surface area contributed by atoms with E-state index in [1.165, 1.54) is 16.3 Å². The van der Waals surface area contributed by atoms with Crippen molar-refractivity contribution in [1.82, 2.24) is 10.2 Å². The van der Waals surface area contributed by atoms with Crippen LogP contribution in [0, 0.1) is 11.8 Å². The van der Waals surface area contributed by atoms with Gasteiger partial charge in [0.25, 0.3) is 5.91 Å². The molecule has 298 valence electrons. The molecule has 0 bridgehead atoms. The highest BCUT2D eigenvalue weighted by atomic mass is 28.3. The van der Waals surface area contributed by atoms with Crippen molar-refractivity contribution in [2.24, 2.45) is 11.8 Å². The van der Waals surface area contributed by atoms with Gasteiger partial charge in [0, 0.05) is 36.8 Å². The molecule has 1 spiro atoms. The number of carbonyl (C=O) groups is 3. The van der Waals surface area contributed by atoms with Gasteiger partial charge in [0.15, 0.2) is 5.60 Å². The number of hydrogen-bond donors (Lipinski definition) is 3. The zero-order valence-electron chi connectivity index (χ0n) is 34.0. The van der Waals surface area contributed by atoms with E-state index in [-0.39, 0.29) is 54.2 Å². The first-order chi connectivity index (χ1) is 26.3. The summed E-state index contributed by atoms with van der Waals surface area (Å²) in [6, 6.07) is 13.8. The minimum atomic E-state index is -2.49. The number of rotatable bonds is 13. The number of likely N-dealkylation sites (tertiary alicyclic amines) is 1. The summed E-state index contributed by atoms with van der Waals surface area (Å²) >= 11 is 0. The van der Waals surface area contributed by atoms with Crippen molar-refractivity contribution in [1.29, 1.82) is 0 Å². The summed E-state index contributed by atoms with van der Waals surface area (Å²) in [5.74, 6) is 0.145. The number of nitrogens with one attached hydrogen (secondary N) is 2. The first kappa shape index (κ1) is 40.9. The number of benzene rings is 2. The number of carbonyl (C=O) groups excluding carboxylic acids is 3.